The highest BCUT2D eigenvalue weighted by Gasteiger charge is 2.14. The number of benzene rings is 2. The molecule has 0 saturated heterocycles. The Morgan fingerprint density at radius 1 is 1.21 bits per heavy atom. The minimum atomic E-state index is -0.507. The minimum Gasteiger partial charge on any atom is -0.506 e. The molecule has 0 aliphatic heterocycles. The van der Waals surface area contributed by atoms with Crippen molar-refractivity contribution in [1.82, 2.24) is 15.0 Å². The molecule has 0 atom stereocenters. The summed E-state index contributed by atoms with van der Waals surface area (Å²) in [6.45, 7) is 0.180. The maximum Gasteiger partial charge on any atom is 0.145 e. The number of aromatic hydroxyl groups is 1. The number of rotatable bonds is 6. The van der Waals surface area contributed by atoms with Gasteiger partial charge in [-0.3, -0.25) is 0 Å². The molecule has 0 saturated carbocycles. The van der Waals surface area contributed by atoms with Crippen molar-refractivity contribution in [3.05, 3.63) is 65.5 Å². The fraction of sp³-hybridized carbons (Fsp3) is 0.100. The fourth-order valence-corrected chi connectivity index (χ4v) is 3.01. The van der Waals surface area contributed by atoms with Gasteiger partial charge < -0.3 is 24.9 Å². The van der Waals surface area contributed by atoms with Crippen LogP contribution in [0.4, 0.5) is 15.9 Å². The van der Waals surface area contributed by atoms with Crippen molar-refractivity contribution in [3.63, 3.8) is 0 Å². The first-order valence-electron chi connectivity index (χ1n) is 8.57. The zero-order valence-electron chi connectivity index (χ0n) is 15.2. The quantitative estimate of drug-likeness (QED) is 0.420. The van der Waals surface area contributed by atoms with Gasteiger partial charge in [0, 0.05) is 30.1 Å². The molecule has 0 amide bonds. The lowest BCUT2D eigenvalue weighted by Gasteiger charge is -2.14. The van der Waals surface area contributed by atoms with Gasteiger partial charge in [-0.25, -0.2) is 14.4 Å². The van der Waals surface area contributed by atoms with Gasteiger partial charge in [-0.2, -0.15) is 0 Å². The summed E-state index contributed by atoms with van der Waals surface area (Å²) in [5.41, 5.74) is 1.85. The van der Waals surface area contributed by atoms with Crippen molar-refractivity contribution in [3.8, 4) is 17.2 Å². The first-order valence-corrected chi connectivity index (χ1v) is 8.95. The van der Waals surface area contributed by atoms with Crippen LogP contribution in [-0.2, 0) is 6.61 Å². The van der Waals surface area contributed by atoms with Gasteiger partial charge in [0.05, 0.1) is 28.7 Å². The molecule has 0 aliphatic carbocycles. The van der Waals surface area contributed by atoms with Gasteiger partial charge in [-0.1, -0.05) is 11.6 Å². The van der Waals surface area contributed by atoms with Crippen LogP contribution >= 0.6 is 11.6 Å². The van der Waals surface area contributed by atoms with Crippen molar-refractivity contribution < 1.29 is 19.0 Å². The molecule has 29 heavy (non-hydrogen) atoms. The number of anilines is 2. The molecule has 4 aromatic rings. The molecule has 0 unspecified atom stereocenters. The predicted octanol–water partition coefficient (Wildman–Crippen LogP) is 4.79. The summed E-state index contributed by atoms with van der Waals surface area (Å²) >= 11 is 5.88. The second kappa shape index (κ2) is 7.84. The Labute approximate surface area is 170 Å². The van der Waals surface area contributed by atoms with Crippen LogP contribution in [0.2, 0.25) is 5.02 Å². The second-order valence-electron chi connectivity index (χ2n) is 6.17. The average molecular weight is 415 g/mol. The lowest BCUT2D eigenvalue weighted by Crippen LogP contribution is -2.01. The topological polar surface area (TPSA) is 92.3 Å². The number of hydrogen-bond acceptors (Lipinski definition) is 6. The average Bonchev–Trinajstić information content (AvgIpc) is 3.14. The molecular weight excluding hydrogens is 399 g/mol. The number of aromatic nitrogens is 3. The van der Waals surface area contributed by atoms with Gasteiger partial charge in [-0.05, 0) is 18.2 Å². The van der Waals surface area contributed by atoms with Crippen molar-refractivity contribution in [2.45, 2.75) is 6.61 Å². The molecule has 7 nitrogen and oxygen atoms in total. The number of halogens is 2. The van der Waals surface area contributed by atoms with E-state index >= 15 is 0 Å². The SMILES string of the molecule is COc1cc(OCc2cc(O)c[nH]2)c2c(Nc3ccc(F)c(Cl)c3)ncnc2c1. The van der Waals surface area contributed by atoms with E-state index in [1.54, 1.807) is 31.4 Å². The molecule has 0 aliphatic rings. The van der Waals surface area contributed by atoms with Gasteiger partial charge in [0.1, 0.15) is 41.8 Å². The monoisotopic (exact) mass is 414 g/mol. The lowest BCUT2D eigenvalue weighted by molar-refractivity contribution is 0.303. The summed E-state index contributed by atoms with van der Waals surface area (Å²) in [5, 5.41) is 13.2. The van der Waals surface area contributed by atoms with E-state index in [0.29, 0.717) is 39.6 Å². The van der Waals surface area contributed by atoms with Gasteiger partial charge >= 0.3 is 0 Å². The Morgan fingerprint density at radius 2 is 2.07 bits per heavy atom. The van der Waals surface area contributed by atoms with E-state index in [1.807, 2.05) is 0 Å². The van der Waals surface area contributed by atoms with E-state index in [9.17, 15) is 9.50 Å². The summed E-state index contributed by atoms with van der Waals surface area (Å²) in [4.78, 5) is 11.5. The van der Waals surface area contributed by atoms with Gasteiger partial charge in [0.25, 0.3) is 0 Å². The molecular formula is C20H16ClFN4O3. The Bertz CT molecular complexity index is 1180. The number of fused-ring (bicyclic) bond motifs is 1. The largest absolute Gasteiger partial charge is 0.506 e. The highest BCUT2D eigenvalue weighted by Crippen LogP contribution is 2.36. The van der Waals surface area contributed by atoms with Gasteiger partial charge in [0.15, 0.2) is 0 Å². The molecule has 2 heterocycles. The van der Waals surface area contributed by atoms with Crippen LogP contribution in [-0.4, -0.2) is 27.2 Å². The van der Waals surface area contributed by atoms with Crippen LogP contribution in [0.1, 0.15) is 5.69 Å². The summed E-state index contributed by atoms with van der Waals surface area (Å²) in [6.07, 6.45) is 2.87. The van der Waals surface area contributed by atoms with Crippen molar-refractivity contribution in [2.24, 2.45) is 0 Å². The minimum absolute atomic E-state index is 0.00180. The summed E-state index contributed by atoms with van der Waals surface area (Å²) in [6, 6.07) is 9.34. The summed E-state index contributed by atoms with van der Waals surface area (Å²) < 4.78 is 24.8. The molecule has 2 aromatic heterocycles. The van der Waals surface area contributed by atoms with E-state index in [-0.39, 0.29) is 17.4 Å². The molecule has 0 radical (unpaired) electrons. The van der Waals surface area contributed by atoms with Gasteiger partial charge in [-0.15, -0.1) is 0 Å². The van der Waals surface area contributed by atoms with E-state index in [2.05, 4.69) is 20.3 Å². The zero-order chi connectivity index (χ0) is 20.4. The van der Waals surface area contributed by atoms with Crippen LogP contribution in [0.15, 0.2) is 48.9 Å². The maximum absolute atomic E-state index is 13.5. The van der Waals surface area contributed by atoms with Crippen LogP contribution in [0.5, 0.6) is 17.2 Å². The van der Waals surface area contributed by atoms with Crippen LogP contribution in [0, 0.1) is 5.82 Å². The third kappa shape index (κ3) is 4.02. The van der Waals surface area contributed by atoms with Crippen LogP contribution < -0.4 is 14.8 Å². The highest BCUT2D eigenvalue weighted by atomic mass is 35.5. The summed E-state index contributed by atoms with van der Waals surface area (Å²) in [5.74, 6) is 1.12. The lowest BCUT2D eigenvalue weighted by atomic mass is 10.2. The molecule has 9 heteroatoms. The normalized spacial score (nSPS) is 10.9. The van der Waals surface area contributed by atoms with E-state index in [4.69, 9.17) is 21.1 Å². The predicted molar refractivity (Wildman–Crippen MR) is 108 cm³/mol. The van der Waals surface area contributed by atoms with Crippen molar-refractivity contribution >= 4 is 34.0 Å². The first-order chi connectivity index (χ1) is 14.0. The third-order valence-corrected chi connectivity index (χ3v) is 4.49. The Hall–Kier alpha value is -3.52. The fourth-order valence-electron chi connectivity index (χ4n) is 2.83. The number of hydrogen-bond donors (Lipinski definition) is 3. The molecule has 148 valence electrons. The molecule has 0 fully saturated rings. The molecule has 0 bridgehead atoms. The van der Waals surface area contributed by atoms with Crippen molar-refractivity contribution in [1.29, 1.82) is 0 Å². The Morgan fingerprint density at radius 3 is 2.79 bits per heavy atom. The van der Waals surface area contributed by atoms with E-state index in [1.165, 1.54) is 24.7 Å². The number of ether oxygens (including phenoxy) is 2. The number of nitrogens with zero attached hydrogens (tertiary/aromatic N) is 2. The Kier molecular flexibility index (Phi) is 5.09. The standard InChI is InChI=1S/C20H16ClFN4O3/c1-28-14-6-17-19(18(7-14)29-9-12-4-13(27)8-23-12)20(25-10-24-17)26-11-2-3-16(22)15(21)5-11/h2-8,10,23,27H,9H2,1H3,(H,24,25,26). The number of methoxy groups -OCH3 is 1. The number of aromatic amines is 1. The molecule has 0 spiro atoms. The molecule has 2 aromatic carbocycles. The summed E-state index contributed by atoms with van der Waals surface area (Å²) in [7, 11) is 1.55. The van der Waals surface area contributed by atoms with E-state index in [0.717, 1.165) is 0 Å². The maximum atomic E-state index is 13.5. The van der Waals surface area contributed by atoms with Crippen molar-refractivity contribution in [2.75, 3.05) is 12.4 Å². The zero-order valence-corrected chi connectivity index (χ0v) is 16.0. The van der Waals surface area contributed by atoms with Gasteiger partial charge in [0.2, 0.25) is 0 Å². The van der Waals surface area contributed by atoms with E-state index < -0.39 is 5.82 Å². The van der Waals surface area contributed by atoms with Crippen LogP contribution in [0.3, 0.4) is 0 Å². The second-order valence-corrected chi connectivity index (χ2v) is 6.57. The number of nitrogens with one attached hydrogen (secondary N) is 2. The first kappa shape index (κ1) is 18.8. The smallest absolute Gasteiger partial charge is 0.145 e. The van der Waals surface area contributed by atoms with Crippen LogP contribution in [0.25, 0.3) is 10.9 Å². The third-order valence-electron chi connectivity index (χ3n) is 4.20. The number of H-pyrrole nitrogens is 1. The highest BCUT2D eigenvalue weighted by molar-refractivity contribution is 6.31. The molecule has 4 rings (SSSR count). The molecule has 3 N–H and O–H groups in total. The Balaban J connectivity index is 1.74.